The van der Waals surface area contributed by atoms with Crippen molar-refractivity contribution in [1.82, 2.24) is 9.13 Å². The summed E-state index contributed by atoms with van der Waals surface area (Å²) >= 11 is 0. The number of anilines is 1. The molecule has 124 valence electrons. The predicted molar refractivity (Wildman–Crippen MR) is 92.1 cm³/mol. The smallest absolute Gasteiger partial charge is 0.332 e. The molecule has 0 spiro atoms. The summed E-state index contributed by atoms with van der Waals surface area (Å²) in [5, 5.41) is 9.75. The molecule has 1 aromatic heterocycles. The second-order valence-corrected chi connectivity index (χ2v) is 6.29. The van der Waals surface area contributed by atoms with E-state index in [2.05, 4.69) is 6.07 Å². The summed E-state index contributed by atoms with van der Waals surface area (Å²) in [6.07, 6.45) is 1.33. The lowest BCUT2D eigenvalue weighted by Gasteiger charge is -2.39. The maximum atomic E-state index is 12.1. The van der Waals surface area contributed by atoms with E-state index in [0.29, 0.717) is 31.7 Å². The average Bonchev–Trinajstić information content (AvgIpc) is 2.64. The van der Waals surface area contributed by atoms with Gasteiger partial charge in [-0.2, -0.15) is 5.26 Å². The van der Waals surface area contributed by atoms with Gasteiger partial charge in [0.15, 0.2) is 0 Å². The van der Waals surface area contributed by atoms with Crippen molar-refractivity contribution < 1.29 is 0 Å². The highest BCUT2D eigenvalue weighted by molar-refractivity contribution is 5.42. The minimum absolute atomic E-state index is 0.312. The van der Waals surface area contributed by atoms with Crippen LogP contribution in [-0.4, -0.2) is 22.2 Å². The summed E-state index contributed by atoms with van der Waals surface area (Å²) in [6.45, 7) is 1.26. The average molecular weight is 324 g/mol. The molecular formula is C18H20N4O2. The van der Waals surface area contributed by atoms with Crippen LogP contribution in [0.15, 0.2) is 46.0 Å². The molecular weight excluding hydrogens is 304 g/mol. The van der Waals surface area contributed by atoms with Crippen LogP contribution in [0.5, 0.6) is 0 Å². The summed E-state index contributed by atoms with van der Waals surface area (Å²) < 4.78 is 2.58. The SMILES string of the molecule is Cn1c(N2CCC(C#N)(c3ccccc3)CC2)cc(=O)n(C)c1=O. The number of piperidine rings is 1. The Balaban J connectivity index is 1.90. The van der Waals surface area contributed by atoms with Crippen LogP contribution in [0.1, 0.15) is 18.4 Å². The van der Waals surface area contributed by atoms with E-state index in [0.717, 1.165) is 10.1 Å². The fourth-order valence-electron chi connectivity index (χ4n) is 3.36. The molecule has 0 N–H and O–H groups in total. The molecule has 6 nitrogen and oxygen atoms in total. The normalized spacial score (nSPS) is 16.6. The van der Waals surface area contributed by atoms with E-state index < -0.39 is 5.41 Å². The Hall–Kier alpha value is -2.81. The van der Waals surface area contributed by atoms with Crippen LogP contribution in [0.2, 0.25) is 0 Å². The van der Waals surface area contributed by atoms with Crippen LogP contribution in [0.25, 0.3) is 0 Å². The van der Waals surface area contributed by atoms with Crippen molar-refractivity contribution >= 4 is 5.82 Å². The second-order valence-electron chi connectivity index (χ2n) is 6.29. The summed E-state index contributed by atoms with van der Waals surface area (Å²) in [5.41, 5.74) is -0.118. The Morgan fingerprint density at radius 1 is 1.04 bits per heavy atom. The molecule has 1 fully saturated rings. The van der Waals surface area contributed by atoms with Crippen LogP contribution in [0.4, 0.5) is 5.82 Å². The molecule has 6 heteroatoms. The Labute approximate surface area is 140 Å². The van der Waals surface area contributed by atoms with E-state index in [1.165, 1.54) is 17.7 Å². The molecule has 0 unspecified atom stereocenters. The van der Waals surface area contributed by atoms with E-state index in [9.17, 15) is 14.9 Å². The molecule has 0 amide bonds. The van der Waals surface area contributed by atoms with Gasteiger partial charge >= 0.3 is 5.69 Å². The third kappa shape index (κ3) is 2.52. The highest BCUT2D eigenvalue weighted by Gasteiger charge is 2.37. The molecule has 0 atom stereocenters. The lowest BCUT2D eigenvalue weighted by molar-refractivity contribution is 0.410. The molecule has 3 rings (SSSR count). The van der Waals surface area contributed by atoms with E-state index in [4.69, 9.17) is 0 Å². The molecule has 0 bridgehead atoms. The number of nitrogens with zero attached hydrogens (tertiary/aromatic N) is 4. The van der Waals surface area contributed by atoms with Crippen molar-refractivity contribution in [1.29, 1.82) is 5.26 Å². The predicted octanol–water partition coefficient (Wildman–Crippen LogP) is 1.15. The highest BCUT2D eigenvalue weighted by atomic mass is 16.2. The van der Waals surface area contributed by atoms with E-state index in [-0.39, 0.29) is 11.2 Å². The lowest BCUT2D eigenvalue weighted by Crippen LogP contribution is -2.46. The number of rotatable bonds is 2. The molecule has 2 heterocycles. The van der Waals surface area contributed by atoms with Gasteiger partial charge in [0, 0.05) is 33.3 Å². The first-order valence-corrected chi connectivity index (χ1v) is 7.97. The van der Waals surface area contributed by atoms with Gasteiger partial charge in [-0.05, 0) is 18.4 Å². The standard InChI is InChI=1S/C18H20N4O2/c1-20-15(12-16(23)21(2)17(20)24)22-10-8-18(13-19,9-11-22)14-6-4-3-5-7-14/h3-7,12H,8-11H2,1-2H3. The number of nitriles is 1. The zero-order valence-electron chi connectivity index (χ0n) is 13.9. The van der Waals surface area contributed by atoms with Gasteiger partial charge in [0.05, 0.1) is 11.5 Å². The molecule has 1 aromatic carbocycles. The van der Waals surface area contributed by atoms with Crippen LogP contribution in [0.3, 0.4) is 0 Å². The maximum Gasteiger partial charge on any atom is 0.332 e. The van der Waals surface area contributed by atoms with E-state index in [1.807, 2.05) is 35.2 Å². The molecule has 0 aliphatic carbocycles. The summed E-state index contributed by atoms with van der Waals surface area (Å²) in [4.78, 5) is 26.1. The Kier molecular flexibility index (Phi) is 4.02. The fraction of sp³-hybridized carbons (Fsp3) is 0.389. The molecule has 1 saturated heterocycles. The monoisotopic (exact) mass is 324 g/mol. The van der Waals surface area contributed by atoms with Gasteiger partial charge in [-0.15, -0.1) is 0 Å². The van der Waals surface area contributed by atoms with Crippen molar-refractivity contribution in [3.8, 4) is 6.07 Å². The topological polar surface area (TPSA) is 71.0 Å². The van der Waals surface area contributed by atoms with Crippen molar-refractivity contribution in [2.45, 2.75) is 18.3 Å². The van der Waals surface area contributed by atoms with Crippen LogP contribution < -0.4 is 16.1 Å². The number of benzene rings is 1. The van der Waals surface area contributed by atoms with Crippen molar-refractivity contribution in [2.24, 2.45) is 14.1 Å². The first kappa shape index (κ1) is 16.1. The number of hydrogen-bond acceptors (Lipinski definition) is 4. The van der Waals surface area contributed by atoms with Gasteiger partial charge in [0.2, 0.25) is 0 Å². The molecule has 1 aliphatic heterocycles. The van der Waals surface area contributed by atoms with Crippen LogP contribution >= 0.6 is 0 Å². The molecule has 2 aromatic rings. The molecule has 0 radical (unpaired) electrons. The van der Waals surface area contributed by atoms with Gasteiger partial charge in [0.25, 0.3) is 5.56 Å². The van der Waals surface area contributed by atoms with Gasteiger partial charge in [-0.3, -0.25) is 13.9 Å². The summed E-state index contributed by atoms with van der Waals surface area (Å²) in [6, 6.07) is 13.8. The Morgan fingerprint density at radius 3 is 2.25 bits per heavy atom. The summed E-state index contributed by atoms with van der Waals surface area (Å²) in [5.74, 6) is 0.614. The quantitative estimate of drug-likeness (QED) is 0.831. The number of hydrogen-bond donors (Lipinski definition) is 0. The van der Waals surface area contributed by atoms with Gasteiger partial charge < -0.3 is 4.90 Å². The van der Waals surface area contributed by atoms with Gasteiger partial charge in [0.1, 0.15) is 5.82 Å². The second kappa shape index (κ2) is 6.00. The minimum Gasteiger partial charge on any atom is -0.358 e. The maximum absolute atomic E-state index is 12.1. The minimum atomic E-state index is -0.504. The zero-order chi connectivity index (χ0) is 17.3. The third-order valence-electron chi connectivity index (χ3n) is 4.98. The highest BCUT2D eigenvalue weighted by Crippen LogP contribution is 2.35. The van der Waals surface area contributed by atoms with Crippen molar-refractivity contribution in [3.63, 3.8) is 0 Å². The van der Waals surface area contributed by atoms with Crippen molar-refractivity contribution in [2.75, 3.05) is 18.0 Å². The van der Waals surface area contributed by atoms with Crippen molar-refractivity contribution in [3.05, 3.63) is 62.8 Å². The molecule has 1 aliphatic rings. The first-order valence-electron chi connectivity index (χ1n) is 7.97. The summed E-state index contributed by atoms with van der Waals surface area (Å²) in [7, 11) is 3.14. The van der Waals surface area contributed by atoms with Crippen LogP contribution in [-0.2, 0) is 19.5 Å². The molecule has 24 heavy (non-hydrogen) atoms. The van der Waals surface area contributed by atoms with Gasteiger partial charge in [-0.1, -0.05) is 30.3 Å². The third-order valence-corrected chi connectivity index (χ3v) is 4.98. The largest absolute Gasteiger partial charge is 0.358 e. The zero-order valence-corrected chi connectivity index (χ0v) is 13.9. The molecule has 0 saturated carbocycles. The Bertz CT molecular complexity index is 897. The van der Waals surface area contributed by atoms with Crippen LogP contribution in [0, 0.1) is 11.3 Å². The Morgan fingerprint density at radius 2 is 1.67 bits per heavy atom. The number of aromatic nitrogens is 2. The lowest BCUT2D eigenvalue weighted by atomic mass is 9.74. The fourth-order valence-corrected chi connectivity index (χ4v) is 3.36. The first-order chi connectivity index (χ1) is 11.5. The van der Waals surface area contributed by atoms with Gasteiger partial charge in [-0.25, -0.2) is 4.79 Å². The van der Waals surface area contributed by atoms with E-state index in [1.54, 1.807) is 7.05 Å². The van der Waals surface area contributed by atoms with E-state index >= 15 is 0 Å².